The highest BCUT2D eigenvalue weighted by Gasteiger charge is 2.05. The van der Waals surface area contributed by atoms with Crippen LogP contribution in [0.15, 0.2) is 23.8 Å². The third kappa shape index (κ3) is 2.17. The topological polar surface area (TPSA) is 45.2 Å². The van der Waals surface area contributed by atoms with Crippen molar-refractivity contribution in [2.45, 2.75) is 20.4 Å². The number of phenols is 1. The van der Waals surface area contributed by atoms with Crippen molar-refractivity contribution in [2.75, 3.05) is 5.32 Å². The molecule has 0 saturated heterocycles. The van der Waals surface area contributed by atoms with Gasteiger partial charge in [0.1, 0.15) is 5.75 Å². The van der Waals surface area contributed by atoms with Crippen molar-refractivity contribution >= 4 is 17.0 Å². The number of thiazole rings is 1. The number of rotatable bonds is 3. The molecule has 0 radical (unpaired) electrons. The zero-order valence-corrected chi connectivity index (χ0v) is 10.1. The van der Waals surface area contributed by atoms with Crippen molar-refractivity contribution in [3.63, 3.8) is 0 Å². The van der Waals surface area contributed by atoms with Gasteiger partial charge in [-0.2, -0.15) is 0 Å². The number of hydrogen-bond donors (Lipinski definition) is 2. The first-order valence-corrected chi connectivity index (χ1v) is 5.97. The number of nitrogens with one attached hydrogen (secondary N) is 1. The SMILES string of the molecule is Cc1ccc(NCc2cncs2)c(C)c1O. The monoisotopic (exact) mass is 234 g/mol. The number of phenolic OH excluding ortho intramolecular Hbond substituents is 1. The zero-order chi connectivity index (χ0) is 11.5. The maximum Gasteiger partial charge on any atom is 0.123 e. The van der Waals surface area contributed by atoms with E-state index in [9.17, 15) is 5.11 Å². The minimum absolute atomic E-state index is 0.370. The number of nitrogens with zero attached hydrogens (tertiary/aromatic N) is 1. The molecule has 0 fully saturated rings. The van der Waals surface area contributed by atoms with Crippen LogP contribution >= 0.6 is 11.3 Å². The number of aromatic nitrogens is 1. The second-order valence-corrected chi connectivity index (χ2v) is 4.70. The normalized spacial score (nSPS) is 10.4. The van der Waals surface area contributed by atoms with E-state index in [0.717, 1.165) is 23.4 Å². The Labute approximate surface area is 98.8 Å². The maximum atomic E-state index is 9.79. The lowest BCUT2D eigenvalue weighted by Crippen LogP contribution is -1.99. The van der Waals surface area contributed by atoms with E-state index in [1.807, 2.05) is 37.7 Å². The van der Waals surface area contributed by atoms with Gasteiger partial charge in [0.2, 0.25) is 0 Å². The molecule has 3 nitrogen and oxygen atoms in total. The lowest BCUT2D eigenvalue weighted by atomic mass is 10.1. The number of hydrogen-bond acceptors (Lipinski definition) is 4. The standard InChI is InChI=1S/C12H14N2OS/c1-8-3-4-11(9(2)12(8)15)14-6-10-5-13-7-16-10/h3-5,7,14-15H,6H2,1-2H3. The Morgan fingerprint density at radius 3 is 2.88 bits per heavy atom. The largest absolute Gasteiger partial charge is 0.507 e. The van der Waals surface area contributed by atoms with Crippen LogP contribution in [0.5, 0.6) is 5.75 Å². The van der Waals surface area contributed by atoms with Gasteiger partial charge in [0.15, 0.2) is 0 Å². The van der Waals surface area contributed by atoms with E-state index in [-0.39, 0.29) is 0 Å². The molecular formula is C12H14N2OS. The Bertz CT molecular complexity index is 480. The molecule has 2 N–H and O–H groups in total. The molecule has 0 aliphatic heterocycles. The van der Waals surface area contributed by atoms with Gasteiger partial charge < -0.3 is 10.4 Å². The summed E-state index contributed by atoms with van der Waals surface area (Å²) in [5, 5.41) is 13.1. The molecule has 0 spiro atoms. The molecule has 2 aromatic rings. The predicted octanol–water partition coefficient (Wildman–Crippen LogP) is 3.08. The first-order chi connectivity index (χ1) is 7.68. The lowest BCUT2D eigenvalue weighted by Gasteiger charge is -2.11. The molecule has 0 unspecified atom stereocenters. The van der Waals surface area contributed by atoms with E-state index >= 15 is 0 Å². The number of benzene rings is 1. The van der Waals surface area contributed by atoms with Crippen molar-refractivity contribution < 1.29 is 5.11 Å². The van der Waals surface area contributed by atoms with Crippen molar-refractivity contribution in [1.82, 2.24) is 4.98 Å². The second kappa shape index (κ2) is 4.53. The third-order valence-electron chi connectivity index (χ3n) is 2.57. The van der Waals surface area contributed by atoms with Crippen molar-refractivity contribution in [3.05, 3.63) is 39.8 Å². The minimum Gasteiger partial charge on any atom is -0.507 e. The highest BCUT2D eigenvalue weighted by molar-refractivity contribution is 7.09. The van der Waals surface area contributed by atoms with E-state index < -0.39 is 0 Å². The van der Waals surface area contributed by atoms with Crippen molar-refractivity contribution in [3.8, 4) is 5.75 Å². The van der Waals surface area contributed by atoms with Crippen LogP contribution in [0.25, 0.3) is 0 Å². The Hall–Kier alpha value is -1.55. The highest BCUT2D eigenvalue weighted by atomic mass is 32.1. The van der Waals surface area contributed by atoms with Crippen LogP contribution in [0.3, 0.4) is 0 Å². The van der Waals surface area contributed by atoms with Crippen LogP contribution in [0.2, 0.25) is 0 Å². The van der Waals surface area contributed by atoms with Gasteiger partial charge in [-0.3, -0.25) is 4.98 Å². The quantitative estimate of drug-likeness (QED) is 0.857. The zero-order valence-electron chi connectivity index (χ0n) is 9.32. The van der Waals surface area contributed by atoms with Crippen LogP contribution in [0.4, 0.5) is 5.69 Å². The van der Waals surface area contributed by atoms with E-state index in [2.05, 4.69) is 10.3 Å². The van der Waals surface area contributed by atoms with Crippen LogP contribution in [0, 0.1) is 13.8 Å². The third-order valence-corrected chi connectivity index (χ3v) is 3.35. The molecule has 2 rings (SSSR count). The molecule has 1 heterocycles. The van der Waals surface area contributed by atoms with Gasteiger partial charge in [-0.25, -0.2) is 0 Å². The fourth-order valence-electron chi connectivity index (χ4n) is 1.54. The van der Waals surface area contributed by atoms with Crippen molar-refractivity contribution in [2.24, 2.45) is 0 Å². The Morgan fingerprint density at radius 2 is 2.19 bits per heavy atom. The van der Waals surface area contributed by atoms with Gasteiger partial charge in [0.25, 0.3) is 0 Å². The fourth-order valence-corrected chi connectivity index (χ4v) is 2.07. The number of anilines is 1. The molecule has 84 valence electrons. The summed E-state index contributed by atoms with van der Waals surface area (Å²) in [4.78, 5) is 5.20. The van der Waals surface area contributed by atoms with Gasteiger partial charge in [0.05, 0.1) is 12.1 Å². The van der Waals surface area contributed by atoms with Gasteiger partial charge >= 0.3 is 0 Å². The molecule has 0 amide bonds. The first-order valence-electron chi connectivity index (χ1n) is 5.09. The number of aryl methyl sites for hydroxylation is 1. The van der Waals surface area contributed by atoms with E-state index in [1.54, 1.807) is 11.3 Å². The van der Waals surface area contributed by atoms with Gasteiger partial charge in [-0.15, -0.1) is 11.3 Å². The van der Waals surface area contributed by atoms with E-state index in [4.69, 9.17) is 0 Å². The average molecular weight is 234 g/mol. The molecule has 1 aromatic carbocycles. The molecule has 16 heavy (non-hydrogen) atoms. The molecule has 1 aromatic heterocycles. The van der Waals surface area contributed by atoms with E-state index in [1.165, 1.54) is 4.88 Å². The maximum absolute atomic E-state index is 9.79. The Balaban J connectivity index is 2.13. The summed E-state index contributed by atoms with van der Waals surface area (Å²) in [5.74, 6) is 0.370. The molecular weight excluding hydrogens is 220 g/mol. The molecule has 0 aliphatic rings. The Kier molecular flexibility index (Phi) is 3.10. The Morgan fingerprint density at radius 1 is 1.38 bits per heavy atom. The van der Waals surface area contributed by atoms with Gasteiger partial charge in [0, 0.05) is 22.3 Å². The van der Waals surface area contributed by atoms with Crippen LogP contribution < -0.4 is 5.32 Å². The summed E-state index contributed by atoms with van der Waals surface area (Å²) >= 11 is 1.62. The minimum atomic E-state index is 0.370. The lowest BCUT2D eigenvalue weighted by molar-refractivity contribution is 0.467. The molecule has 0 saturated carbocycles. The summed E-state index contributed by atoms with van der Waals surface area (Å²) in [7, 11) is 0. The highest BCUT2D eigenvalue weighted by Crippen LogP contribution is 2.28. The summed E-state index contributed by atoms with van der Waals surface area (Å²) in [6.45, 7) is 4.56. The first kappa shape index (κ1) is 11.0. The summed E-state index contributed by atoms with van der Waals surface area (Å²) in [6, 6.07) is 3.91. The van der Waals surface area contributed by atoms with Gasteiger partial charge in [-0.1, -0.05) is 6.07 Å². The molecule has 4 heteroatoms. The smallest absolute Gasteiger partial charge is 0.123 e. The molecule has 0 atom stereocenters. The van der Waals surface area contributed by atoms with Gasteiger partial charge in [-0.05, 0) is 25.5 Å². The van der Waals surface area contributed by atoms with Crippen LogP contribution in [-0.4, -0.2) is 10.1 Å². The summed E-state index contributed by atoms with van der Waals surface area (Å²) in [5.41, 5.74) is 4.58. The fraction of sp³-hybridized carbons (Fsp3) is 0.250. The number of aromatic hydroxyl groups is 1. The molecule has 0 aliphatic carbocycles. The summed E-state index contributed by atoms with van der Waals surface area (Å²) < 4.78 is 0. The predicted molar refractivity (Wildman–Crippen MR) is 67.0 cm³/mol. The van der Waals surface area contributed by atoms with Crippen LogP contribution in [-0.2, 0) is 6.54 Å². The molecule has 0 bridgehead atoms. The van der Waals surface area contributed by atoms with Crippen LogP contribution in [0.1, 0.15) is 16.0 Å². The van der Waals surface area contributed by atoms with E-state index in [0.29, 0.717) is 5.75 Å². The second-order valence-electron chi connectivity index (χ2n) is 3.72. The average Bonchev–Trinajstić information content (AvgIpc) is 2.78. The summed E-state index contributed by atoms with van der Waals surface area (Å²) in [6.07, 6.45) is 1.85. The van der Waals surface area contributed by atoms with Crippen molar-refractivity contribution in [1.29, 1.82) is 0 Å².